The number of carbonyl (C=O) groups is 1. The van der Waals surface area contributed by atoms with Crippen LogP contribution in [0, 0.1) is 6.92 Å². The summed E-state index contributed by atoms with van der Waals surface area (Å²) in [6, 6.07) is 8.13. The molecule has 1 fully saturated rings. The molecule has 1 amide bonds. The summed E-state index contributed by atoms with van der Waals surface area (Å²) in [5, 5.41) is 0.797. The summed E-state index contributed by atoms with van der Waals surface area (Å²) >= 11 is 1.46. The first kappa shape index (κ1) is 15.3. The number of aryl methyl sites for hydroxylation is 1. The number of nitrogens with zero attached hydrogens (tertiary/aromatic N) is 2. The molecule has 0 N–H and O–H groups in total. The molecule has 0 radical (unpaired) electrons. The summed E-state index contributed by atoms with van der Waals surface area (Å²) in [6.07, 6.45) is 2.23. The Kier molecular flexibility index (Phi) is 4.36. The van der Waals surface area contributed by atoms with Crippen molar-refractivity contribution in [3.8, 4) is 0 Å². The summed E-state index contributed by atoms with van der Waals surface area (Å²) < 4.78 is 5.73. The van der Waals surface area contributed by atoms with Crippen LogP contribution in [0.25, 0.3) is 6.08 Å². The quantitative estimate of drug-likeness (QED) is 0.747. The number of amidine groups is 1. The van der Waals surface area contributed by atoms with E-state index < -0.39 is 0 Å². The maximum absolute atomic E-state index is 12.1. The molecule has 2 atom stereocenters. The molecule has 0 bridgehead atoms. The standard InChI is InChI=1S/C17H20N2O2S/c1-11-4-6-14(7-5-11)8-15-16(20)18-17(22-15)19-9-12(2)21-13(3)10-19/h4-8,12-13H,9-10H2,1-3H3/b15-8+. The zero-order chi connectivity index (χ0) is 15.7. The molecule has 3 rings (SSSR count). The number of benzene rings is 1. The van der Waals surface area contributed by atoms with E-state index in [0.717, 1.165) is 23.8 Å². The van der Waals surface area contributed by atoms with Crippen molar-refractivity contribution < 1.29 is 9.53 Å². The lowest BCUT2D eigenvalue weighted by Gasteiger charge is -2.35. The average molecular weight is 316 g/mol. The summed E-state index contributed by atoms with van der Waals surface area (Å²) in [5.41, 5.74) is 2.24. The molecular weight excluding hydrogens is 296 g/mol. The molecule has 1 aromatic rings. The molecular formula is C17H20N2O2S. The van der Waals surface area contributed by atoms with Gasteiger partial charge in [-0.05, 0) is 44.2 Å². The van der Waals surface area contributed by atoms with E-state index in [2.05, 4.69) is 9.89 Å². The molecule has 0 aromatic heterocycles. The van der Waals surface area contributed by atoms with Gasteiger partial charge in [0, 0.05) is 13.1 Å². The lowest BCUT2D eigenvalue weighted by Crippen LogP contribution is -2.47. The Hall–Kier alpha value is -1.59. The minimum Gasteiger partial charge on any atom is -0.372 e. The number of carbonyl (C=O) groups excluding carboxylic acids is 1. The maximum atomic E-state index is 12.1. The predicted molar refractivity (Wildman–Crippen MR) is 90.8 cm³/mol. The molecule has 2 heterocycles. The minimum atomic E-state index is -0.146. The van der Waals surface area contributed by atoms with Gasteiger partial charge in [-0.1, -0.05) is 29.8 Å². The van der Waals surface area contributed by atoms with Gasteiger partial charge in [-0.15, -0.1) is 0 Å². The van der Waals surface area contributed by atoms with E-state index in [1.807, 2.05) is 51.1 Å². The van der Waals surface area contributed by atoms with Gasteiger partial charge in [0.1, 0.15) is 0 Å². The number of morpholine rings is 1. The van der Waals surface area contributed by atoms with Gasteiger partial charge in [-0.25, -0.2) is 0 Å². The smallest absolute Gasteiger partial charge is 0.286 e. The number of hydrogen-bond acceptors (Lipinski definition) is 4. The first-order valence-electron chi connectivity index (χ1n) is 7.51. The molecule has 22 heavy (non-hydrogen) atoms. The van der Waals surface area contributed by atoms with Crippen LogP contribution in [0.2, 0.25) is 0 Å². The van der Waals surface area contributed by atoms with Crippen LogP contribution < -0.4 is 0 Å². The third-order valence-electron chi connectivity index (χ3n) is 3.67. The Balaban J connectivity index is 1.74. The predicted octanol–water partition coefficient (Wildman–Crippen LogP) is 3.07. The number of aliphatic imine (C=N–C) groups is 1. The van der Waals surface area contributed by atoms with E-state index in [0.29, 0.717) is 4.91 Å². The van der Waals surface area contributed by atoms with Crippen molar-refractivity contribution in [3.05, 3.63) is 40.3 Å². The first-order chi connectivity index (χ1) is 10.5. The van der Waals surface area contributed by atoms with Gasteiger partial charge in [-0.2, -0.15) is 4.99 Å². The Morgan fingerprint density at radius 2 is 1.86 bits per heavy atom. The molecule has 116 valence electrons. The van der Waals surface area contributed by atoms with Gasteiger partial charge in [0.2, 0.25) is 0 Å². The van der Waals surface area contributed by atoms with Crippen molar-refractivity contribution in [1.29, 1.82) is 0 Å². The van der Waals surface area contributed by atoms with Gasteiger partial charge >= 0.3 is 0 Å². The Labute approximate surface area is 135 Å². The molecule has 0 saturated carbocycles. The van der Waals surface area contributed by atoms with E-state index >= 15 is 0 Å². The highest BCUT2D eigenvalue weighted by atomic mass is 32.2. The highest BCUT2D eigenvalue weighted by Crippen LogP contribution is 2.31. The third-order valence-corrected chi connectivity index (χ3v) is 4.72. The monoisotopic (exact) mass is 316 g/mol. The summed E-state index contributed by atoms with van der Waals surface area (Å²) in [5.74, 6) is -0.146. The third kappa shape index (κ3) is 3.42. The second-order valence-corrected chi connectivity index (χ2v) is 6.89. The van der Waals surface area contributed by atoms with E-state index in [-0.39, 0.29) is 18.1 Å². The van der Waals surface area contributed by atoms with Gasteiger partial charge in [0.15, 0.2) is 5.17 Å². The molecule has 1 aromatic carbocycles. The molecule has 4 nitrogen and oxygen atoms in total. The van der Waals surface area contributed by atoms with Gasteiger partial charge in [0.25, 0.3) is 5.91 Å². The van der Waals surface area contributed by atoms with Gasteiger partial charge in [-0.3, -0.25) is 4.79 Å². The van der Waals surface area contributed by atoms with Crippen molar-refractivity contribution in [2.24, 2.45) is 4.99 Å². The molecule has 2 aliphatic heterocycles. The molecule has 5 heteroatoms. The normalized spacial score (nSPS) is 27.4. The van der Waals surface area contributed by atoms with E-state index in [9.17, 15) is 4.79 Å². The van der Waals surface area contributed by atoms with Crippen molar-refractivity contribution in [3.63, 3.8) is 0 Å². The van der Waals surface area contributed by atoms with Crippen molar-refractivity contribution >= 4 is 28.9 Å². The molecule has 0 aliphatic carbocycles. The number of rotatable bonds is 1. The topological polar surface area (TPSA) is 41.9 Å². The number of amides is 1. The Morgan fingerprint density at radius 1 is 1.23 bits per heavy atom. The second-order valence-electron chi connectivity index (χ2n) is 5.88. The van der Waals surface area contributed by atoms with E-state index in [1.54, 1.807) is 0 Å². The van der Waals surface area contributed by atoms with Crippen LogP contribution in [0.5, 0.6) is 0 Å². The van der Waals surface area contributed by atoms with Crippen LogP contribution >= 0.6 is 11.8 Å². The van der Waals surface area contributed by atoms with Crippen LogP contribution in [0.4, 0.5) is 0 Å². The summed E-state index contributed by atoms with van der Waals surface area (Å²) in [7, 11) is 0. The van der Waals surface area contributed by atoms with Crippen molar-refractivity contribution in [1.82, 2.24) is 4.90 Å². The SMILES string of the molecule is Cc1ccc(/C=C2/SC(N3CC(C)OC(C)C3)=NC2=O)cc1. The zero-order valence-electron chi connectivity index (χ0n) is 13.1. The molecule has 1 saturated heterocycles. The van der Waals surface area contributed by atoms with Gasteiger partial charge in [0.05, 0.1) is 17.1 Å². The highest BCUT2D eigenvalue weighted by molar-refractivity contribution is 8.18. The van der Waals surface area contributed by atoms with E-state index in [4.69, 9.17) is 4.74 Å². The van der Waals surface area contributed by atoms with Crippen LogP contribution in [0.1, 0.15) is 25.0 Å². The largest absolute Gasteiger partial charge is 0.372 e. The van der Waals surface area contributed by atoms with Crippen LogP contribution in [-0.4, -0.2) is 41.3 Å². The Morgan fingerprint density at radius 3 is 2.50 bits per heavy atom. The second kappa shape index (κ2) is 6.26. The van der Waals surface area contributed by atoms with Crippen LogP contribution in [0.3, 0.4) is 0 Å². The summed E-state index contributed by atoms with van der Waals surface area (Å²) in [6.45, 7) is 7.71. The fourth-order valence-corrected chi connectivity index (χ4v) is 3.61. The number of ether oxygens (including phenoxy) is 1. The fourth-order valence-electron chi connectivity index (χ4n) is 2.68. The van der Waals surface area contributed by atoms with Crippen molar-refractivity contribution in [2.45, 2.75) is 33.0 Å². The van der Waals surface area contributed by atoms with Crippen LogP contribution in [-0.2, 0) is 9.53 Å². The van der Waals surface area contributed by atoms with Crippen LogP contribution in [0.15, 0.2) is 34.2 Å². The molecule has 2 unspecified atom stereocenters. The lowest BCUT2D eigenvalue weighted by atomic mass is 10.1. The lowest BCUT2D eigenvalue weighted by molar-refractivity contribution is -0.113. The zero-order valence-corrected chi connectivity index (χ0v) is 13.9. The molecule has 2 aliphatic rings. The summed E-state index contributed by atoms with van der Waals surface area (Å²) in [4.78, 5) is 19.2. The first-order valence-corrected chi connectivity index (χ1v) is 8.32. The van der Waals surface area contributed by atoms with Gasteiger partial charge < -0.3 is 9.64 Å². The van der Waals surface area contributed by atoms with E-state index in [1.165, 1.54) is 17.3 Å². The minimum absolute atomic E-state index is 0.146. The van der Waals surface area contributed by atoms with Crippen molar-refractivity contribution in [2.75, 3.05) is 13.1 Å². The number of thioether (sulfide) groups is 1. The average Bonchev–Trinajstić information content (AvgIpc) is 2.82. The Bertz CT molecular complexity index is 627. The number of hydrogen-bond donors (Lipinski definition) is 0. The highest BCUT2D eigenvalue weighted by Gasteiger charge is 2.30. The maximum Gasteiger partial charge on any atom is 0.286 e. The molecule has 0 spiro atoms. The fraction of sp³-hybridized carbons (Fsp3) is 0.412.